The van der Waals surface area contributed by atoms with Crippen LogP contribution in [0.5, 0.6) is 0 Å². The van der Waals surface area contributed by atoms with Crippen molar-refractivity contribution >= 4 is 35.0 Å². The largest absolute Gasteiger partial charge is 0.326 e. The summed E-state index contributed by atoms with van der Waals surface area (Å²) in [6.07, 6.45) is 6.09. The number of anilines is 2. The average molecular weight is 409 g/mol. The van der Waals surface area contributed by atoms with E-state index in [0.29, 0.717) is 29.3 Å². The maximum Gasteiger partial charge on any atom is 0.255 e. The van der Waals surface area contributed by atoms with Gasteiger partial charge in [0.2, 0.25) is 5.91 Å². The summed E-state index contributed by atoms with van der Waals surface area (Å²) in [4.78, 5) is 28.6. The molecule has 0 radical (unpaired) electrons. The second-order valence-corrected chi connectivity index (χ2v) is 7.78. The van der Waals surface area contributed by atoms with Crippen LogP contribution in [0.25, 0.3) is 5.69 Å². The van der Waals surface area contributed by atoms with E-state index < -0.39 is 0 Å². The van der Waals surface area contributed by atoms with Gasteiger partial charge in [-0.3, -0.25) is 14.2 Å². The third-order valence-corrected chi connectivity index (χ3v) is 4.88. The maximum atomic E-state index is 12.5. The second-order valence-electron chi connectivity index (χ2n) is 7.01. The van der Waals surface area contributed by atoms with E-state index in [2.05, 4.69) is 15.6 Å². The number of amides is 2. The number of hydrogen-bond donors (Lipinski definition) is 2. The Morgan fingerprint density at radius 2 is 1.62 bits per heavy atom. The van der Waals surface area contributed by atoms with Crippen molar-refractivity contribution in [2.75, 3.05) is 16.9 Å². The Labute approximate surface area is 174 Å². The second kappa shape index (κ2) is 9.43. The minimum Gasteiger partial charge on any atom is -0.326 e. The van der Waals surface area contributed by atoms with Gasteiger partial charge in [-0.15, -0.1) is 0 Å². The van der Waals surface area contributed by atoms with Crippen LogP contribution in [0.1, 0.15) is 30.6 Å². The van der Waals surface area contributed by atoms with Gasteiger partial charge in [-0.1, -0.05) is 25.6 Å². The number of rotatable bonds is 7. The number of aromatic nitrogens is 2. The molecule has 1 heterocycles. The zero-order chi connectivity index (χ0) is 20.8. The van der Waals surface area contributed by atoms with Crippen LogP contribution in [0.15, 0.2) is 66.1 Å². The molecule has 29 heavy (non-hydrogen) atoms. The monoisotopic (exact) mass is 408 g/mol. The summed E-state index contributed by atoms with van der Waals surface area (Å²) >= 11 is 1.56. The zero-order valence-corrected chi connectivity index (χ0v) is 17.5. The Bertz CT molecular complexity index is 979. The van der Waals surface area contributed by atoms with Crippen molar-refractivity contribution in [2.24, 2.45) is 5.92 Å². The van der Waals surface area contributed by atoms with E-state index in [1.165, 1.54) is 0 Å². The van der Waals surface area contributed by atoms with Gasteiger partial charge in [0, 0.05) is 41.4 Å². The highest BCUT2D eigenvalue weighted by molar-refractivity contribution is 7.98. The molecule has 2 amide bonds. The van der Waals surface area contributed by atoms with E-state index >= 15 is 0 Å². The minimum atomic E-state index is -0.191. The molecule has 0 saturated heterocycles. The lowest BCUT2D eigenvalue weighted by Crippen LogP contribution is -2.14. The smallest absolute Gasteiger partial charge is 0.255 e. The molecule has 0 bridgehead atoms. The summed E-state index contributed by atoms with van der Waals surface area (Å²) in [5.74, 6) is 0.101. The molecular formula is C22H24N4O2S. The first kappa shape index (κ1) is 20.7. The van der Waals surface area contributed by atoms with Crippen molar-refractivity contribution in [3.8, 4) is 5.69 Å². The number of nitrogens with zero attached hydrogens (tertiary/aromatic N) is 2. The van der Waals surface area contributed by atoms with Crippen LogP contribution < -0.4 is 10.6 Å². The SMILES string of the molecule is CSc1nccn1-c1ccc(C(=O)Nc2ccc(NC(=O)CC(C)C)cc2)cc1. The highest BCUT2D eigenvalue weighted by atomic mass is 32.2. The number of thioether (sulfide) groups is 1. The number of nitrogens with one attached hydrogen (secondary N) is 2. The maximum absolute atomic E-state index is 12.5. The molecule has 0 fully saturated rings. The quantitative estimate of drug-likeness (QED) is 0.549. The van der Waals surface area contributed by atoms with Crippen LogP contribution in [0.3, 0.4) is 0 Å². The standard InChI is InChI=1S/C22H24N4O2S/c1-15(2)14-20(27)24-17-6-8-18(9-7-17)25-21(28)16-4-10-19(11-5-16)26-13-12-23-22(26)29-3/h4-13,15H,14H2,1-3H3,(H,24,27)(H,25,28). The normalized spacial score (nSPS) is 10.8. The van der Waals surface area contributed by atoms with Crippen LogP contribution in [0.2, 0.25) is 0 Å². The molecule has 6 nitrogen and oxygen atoms in total. The zero-order valence-electron chi connectivity index (χ0n) is 16.7. The van der Waals surface area contributed by atoms with Crippen LogP contribution in [-0.4, -0.2) is 27.6 Å². The lowest BCUT2D eigenvalue weighted by molar-refractivity contribution is -0.116. The average Bonchev–Trinajstić information content (AvgIpc) is 3.18. The van der Waals surface area contributed by atoms with Crippen LogP contribution in [-0.2, 0) is 4.79 Å². The first-order valence-electron chi connectivity index (χ1n) is 9.35. The van der Waals surface area contributed by atoms with E-state index in [0.717, 1.165) is 10.8 Å². The molecule has 0 unspecified atom stereocenters. The summed E-state index contributed by atoms with van der Waals surface area (Å²) in [5, 5.41) is 6.62. The van der Waals surface area contributed by atoms with Gasteiger partial charge in [0.05, 0.1) is 0 Å². The number of carbonyl (C=O) groups is 2. The number of benzene rings is 2. The van der Waals surface area contributed by atoms with Gasteiger partial charge in [-0.2, -0.15) is 0 Å². The first-order chi connectivity index (χ1) is 14.0. The van der Waals surface area contributed by atoms with E-state index in [9.17, 15) is 9.59 Å². The number of carbonyl (C=O) groups excluding carboxylic acids is 2. The molecule has 3 aromatic rings. The Balaban J connectivity index is 1.62. The highest BCUT2D eigenvalue weighted by Crippen LogP contribution is 2.19. The lowest BCUT2D eigenvalue weighted by Gasteiger charge is -2.10. The number of imidazole rings is 1. The Morgan fingerprint density at radius 1 is 1.00 bits per heavy atom. The minimum absolute atomic E-state index is 0.0144. The van der Waals surface area contributed by atoms with Crippen molar-refractivity contribution < 1.29 is 9.59 Å². The van der Waals surface area contributed by atoms with Crippen molar-refractivity contribution in [3.05, 3.63) is 66.5 Å². The van der Waals surface area contributed by atoms with Gasteiger partial charge < -0.3 is 10.6 Å². The third kappa shape index (κ3) is 5.48. The molecular weight excluding hydrogens is 384 g/mol. The van der Waals surface area contributed by atoms with Gasteiger partial charge in [-0.05, 0) is 60.7 Å². The van der Waals surface area contributed by atoms with Crippen molar-refractivity contribution in [2.45, 2.75) is 25.4 Å². The van der Waals surface area contributed by atoms with Crippen LogP contribution in [0.4, 0.5) is 11.4 Å². The Hall–Kier alpha value is -3.06. The fraction of sp³-hybridized carbons (Fsp3) is 0.227. The molecule has 0 aliphatic rings. The number of hydrogen-bond acceptors (Lipinski definition) is 4. The topological polar surface area (TPSA) is 76.0 Å². The molecule has 0 aliphatic heterocycles. The fourth-order valence-corrected chi connectivity index (χ4v) is 3.36. The van der Waals surface area contributed by atoms with Crippen molar-refractivity contribution in [1.29, 1.82) is 0 Å². The van der Waals surface area contributed by atoms with Crippen molar-refractivity contribution in [3.63, 3.8) is 0 Å². The van der Waals surface area contributed by atoms with E-state index in [4.69, 9.17) is 0 Å². The molecule has 3 rings (SSSR count). The fourth-order valence-electron chi connectivity index (χ4n) is 2.83. The molecule has 0 saturated carbocycles. The predicted octanol–water partition coefficient (Wildman–Crippen LogP) is 4.83. The van der Waals surface area contributed by atoms with Crippen molar-refractivity contribution in [1.82, 2.24) is 9.55 Å². The summed E-state index contributed by atoms with van der Waals surface area (Å²) in [7, 11) is 0. The van der Waals surface area contributed by atoms with E-state index in [1.807, 2.05) is 43.0 Å². The molecule has 2 N–H and O–H groups in total. The summed E-state index contributed by atoms with van der Waals surface area (Å²) in [6.45, 7) is 4.00. The molecule has 2 aromatic carbocycles. The van der Waals surface area contributed by atoms with Gasteiger partial charge in [0.1, 0.15) is 0 Å². The Morgan fingerprint density at radius 3 is 2.21 bits per heavy atom. The highest BCUT2D eigenvalue weighted by Gasteiger charge is 2.09. The first-order valence-corrected chi connectivity index (χ1v) is 10.6. The summed E-state index contributed by atoms with van der Waals surface area (Å²) < 4.78 is 1.97. The third-order valence-electron chi connectivity index (χ3n) is 4.22. The van der Waals surface area contributed by atoms with Gasteiger partial charge in [0.15, 0.2) is 5.16 Å². The molecule has 0 spiro atoms. The van der Waals surface area contributed by atoms with E-state index in [1.54, 1.807) is 54.4 Å². The predicted molar refractivity (Wildman–Crippen MR) is 118 cm³/mol. The molecule has 7 heteroatoms. The molecule has 150 valence electrons. The van der Waals surface area contributed by atoms with E-state index in [-0.39, 0.29) is 11.8 Å². The Kier molecular flexibility index (Phi) is 6.72. The van der Waals surface area contributed by atoms with Crippen LogP contribution >= 0.6 is 11.8 Å². The molecule has 1 aromatic heterocycles. The van der Waals surface area contributed by atoms with Gasteiger partial charge >= 0.3 is 0 Å². The lowest BCUT2D eigenvalue weighted by atomic mass is 10.1. The molecule has 0 aliphatic carbocycles. The van der Waals surface area contributed by atoms with Gasteiger partial charge in [-0.25, -0.2) is 4.98 Å². The summed E-state index contributed by atoms with van der Waals surface area (Å²) in [5.41, 5.74) is 2.89. The summed E-state index contributed by atoms with van der Waals surface area (Å²) in [6, 6.07) is 14.5. The van der Waals surface area contributed by atoms with Gasteiger partial charge in [0.25, 0.3) is 5.91 Å². The van der Waals surface area contributed by atoms with Crippen LogP contribution in [0, 0.1) is 5.92 Å². The molecule has 0 atom stereocenters.